The van der Waals surface area contributed by atoms with Crippen LogP contribution in [-0.2, 0) is 4.79 Å². The molecule has 3 heteroatoms. The van der Waals surface area contributed by atoms with Crippen molar-refractivity contribution in [3.8, 4) is 5.75 Å². The zero-order valence-electron chi connectivity index (χ0n) is 13.4. The van der Waals surface area contributed by atoms with Gasteiger partial charge in [0.15, 0.2) is 0 Å². The maximum atomic E-state index is 12.5. The fraction of sp³-hybridized carbons (Fsp3) is 0.588. The highest BCUT2D eigenvalue weighted by Crippen LogP contribution is 2.25. The summed E-state index contributed by atoms with van der Waals surface area (Å²) in [4.78, 5) is 14.4. The quantitative estimate of drug-likeness (QED) is 0.777. The van der Waals surface area contributed by atoms with Crippen LogP contribution in [-0.4, -0.2) is 19.6 Å². The summed E-state index contributed by atoms with van der Waals surface area (Å²) in [7, 11) is 1.65. The van der Waals surface area contributed by atoms with Crippen LogP contribution in [0.1, 0.15) is 47.0 Å². The van der Waals surface area contributed by atoms with E-state index in [1.54, 1.807) is 7.11 Å². The number of carbonyl (C=O) groups is 1. The second kappa shape index (κ2) is 7.32. The minimum atomic E-state index is 0.00795. The monoisotopic (exact) mass is 277 g/mol. The van der Waals surface area contributed by atoms with Crippen molar-refractivity contribution in [3.05, 3.63) is 24.3 Å². The van der Waals surface area contributed by atoms with Crippen LogP contribution in [0, 0.1) is 5.41 Å². The van der Waals surface area contributed by atoms with E-state index in [2.05, 4.69) is 27.7 Å². The first-order valence-electron chi connectivity index (χ1n) is 7.32. The third-order valence-electron chi connectivity index (χ3n) is 3.10. The van der Waals surface area contributed by atoms with Gasteiger partial charge in [0.1, 0.15) is 5.75 Å². The van der Waals surface area contributed by atoms with Crippen LogP contribution in [0.5, 0.6) is 5.75 Å². The topological polar surface area (TPSA) is 29.5 Å². The average molecular weight is 277 g/mol. The van der Waals surface area contributed by atoms with E-state index < -0.39 is 0 Å². The molecule has 0 aliphatic rings. The molecule has 0 saturated heterocycles. The number of rotatable bonds is 6. The lowest BCUT2D eigenvalue weighted by molar-refractivity contribution is -0.120. The number of ether oxygens (including phenoxy) is 1. The summed E-state index contributed by atoms with van der Waals surface area (Å²) in [5.41, 5.74) is 0.960. The number of carbonyl (C=O) groups excluding carboxylic acids is 1. The third kappa shape index (κ3) is 5.24. The molecule has 1 rings (SSSR count). The Bertz CT molecular complexity index is 418. The Labute approximate surface area is 122 Å². The normalized spacial score (nSPS) is 11.2. The second-order valence-electron chi connectivity index (χ2n) is 6.33. The first-order chi connectivity index (χ1) is 9.37. The largest absolute Gasteiger partial charge is 0.497 e. The molecule has 0 saturated carbocycles. The lowest BCUT2D eigenvalue weighted by Gasteiger charge is -2.27. The molecule has 0 atom stereocenters. The third-order valence-corrected chi connectivity index (χ3v) is 3.10. The molecule has 0 unspecified atom stereocenters. The SMILES string of the molecule is CCCCN(C(=O)CC(C)(C)C)c1ccc(OC)cc1. The predicted octanol–water partition coefficient (Wildman–Crippen LogP) is 4.26. The molecule has 0 aliphatic carbocycles. The van der Waals surface area contributed by atoms with Crippen LogP contribution >= 0.6 is 0 Å². The Hall–Kier alpha value is -1.51. The van der Waals surface area contributed by atoms with Gasteiger partial charge in [-0.2, -0.15) is 0 Å². The number of methoxy groups -OCH3 is 1. The molecular weight excluding hydrogens is 250 g/mol. The van der Waals surface area contributed by atoms with Crippen LogP contribution in [0.25, 0.3) is 0 Å². The minimum Gasteiger partial charge on any atom is -0.497 e. The van der Waals surface area contributed by atoms with E-state index in [1.165, 1.54) is 0 Å². The van der Waals surface area contributed by atoms with Crippen molar-refractivity contribution < 1.29 is 9.53 Å². The van der Waals surface area contributed by atoms with E-state index in [4.69, 9.17) is 4.74 Å². The summed E-state index contributed by atoms with van der Waals surface area (Å²) >= 11 is 0. The van der Waals surface area contributed by atoms with Gasteiger partial charge in [0.05, 0.1) is 7.11 Å². The smallest absolute Gasteiger partial charge is 0.227 e. The van der Waals surface area contributed by atoms with Crippen molar-refractivity contribution in [1.82, 2.24) is 0 Å². The molecule has 0 spiro atoms. The van der Waals surface area contributed by atoms with Crippen molar-refractivity contribution in [2.24, 2.45) is 5.41 Å². The van der Waals surface area contributed by atoms with Gasteiger partial charge in [0, 0.05) is 18.7 Å². The Balaban J connectivity index is 2.89. The fourth-order valence-corrected chi connectivity index (χ4v) is 2.03. The molecule has 1 aromatic rings. The van der Waals surface area contributed by atoms with Crippen molar-refractivity contribution in [2.75, 3.05) is 18.6 Å². The maximum Gasteiger partial charge on any atom is 0.227 e. The van der Waals surface area contributed by atoms with Crippen LogP contribution in [0.4, 0.5) is 5.69 Å². The highest BCUT2D eigenvalue weighted by molar-refractivity contribution is 5.93. The van der Waals surface area contributed by atoms with Crippen LogP contribution in [0.2, 0.25) is 0 Å². The molecule has 0 N–H and O–H groups in total. The van der Waals surface area contributed by atoms with Crippen LogP contribution in [0.3, 0.4) is 0 Å². The number of unbranched alkanes of at least 4 members (excludes halogenated alkanes) is 1. The van der Waals surface area contributed by atoms with E-state index in [0.29, 0.717) is 6.42 Å². The Morgan fingerprint density at radius 2 is 1.80 bits per heavy atom. The summed E-state index contributed by atoms with van der Waals surface area (Å²) in [6, 6.07) is 7.71. The highest BCUT2D eigenvalue weighted by atomic mass is 16.5. The van der Waals surface area contributed by atoms with Gasteiger partial charge in [-0.1, -0.05) is 34.1 Å². The van der Waals surface area contributed by atoms with Gasteiger partial charge < -0.3 is 9.64 Å². The molecule has 0 radical (unpaired) electrons. The zero-order valence-corrected chi connectivity index (χ0v) is 13.4. The van der Waals surface area contributed by atoms with Gasteiger partial charge >= 0.3 is 0 Å². The van der Waals surface area contributed by atoms with E-state index in [9.17, 15) is 4.79 Å². The molecule has 3 nitrogen and oxygen atoms in total. The lowest BCUT2D eigenvalue weighted by Crippen LogP contribution is -2.34. The van der Waals surface area contributed by atoms with Crippen molar-refractivity contribution in [2.45, 2.75) is 47.0 Å². The first-order valence-corrected chi connectivity index (χ1v) is 7.32. The molecule has 20 heavy (non-hydrogen) atoms. The van der Waals surface area contributed by atoms with Crippen LogP contribution in [0.15, 0.2) is 24.3 Å². The average Bonchev–Trinajstić information content (AvgIpc) is 2.38. The lowest BCUT2D eigenvalue weighted by atomic mass is 9.91. The number of hydrogen-bond donors (Lipinski definition) is 0. The standard InChI is InChI=1S/C17H27NO2/c1-6-7-12-18(16(19)13-17(2,3)4)14-8-10-15(20-5)11-9-14/h8-11H,6-7,12-13H2,1-5H3. The highest BCUT2D eigenvalue weighted by Gasteiger charge is 2.22. The summed E-state index contributed by atoms with van der Waals surface area (Å²) in [5.74, 6) is 1.00. The first kappa shape index (κ1) is 16.5. The number of nitrogens with zero attached hydrogens (tertiary/aromatic N) is 1. The van der Waals surface area contributed by atoms with E-state index in [0.717, 1.165) is 30.8 Å². The molecular formula is C17H27NO2. The molecule has 0 fully saturated rings. The number of hydrogen-bond acceptors (Lipinski definition) is 2. The number of benzene rings is 1. The number of amides is 1. The van der Waals surface area contributed by atoms with Crippen molar-refractivity contribution >= 4 is 11.6 Å². The van der Waals surface area contributed by atoms with Crippen molar-refractivity contribution in [3.63, 3.8) is 0 Å². The zero-order chi connectivity index (χ0) is 15.2. The molecule has 0 aromatic heterocycles. The number of anilines is 1. The minimum absolute atomic E-state index is 0.00795. The van der Waals surface area contributed by atoms with E-state index in [1.807, 2.05) is 29.2 Å². The Morgan fingerprint density at radius 3 is 2.25 bits per heavy atom. The molecule has 0 heterocycles. The molecule has 0 aliphatic heterocycles. The van der Waals surface area contributed by atoms with Crippen LogP contribution < -0.4 is 9.64 Å². The van der Waals surface area contributed by atoms with E-state index >= 15 is 0 Å². The molecule has 1 amide bonds. The van der Waals surface area contributed by atoms with E-state index in [-0.39, 0.29) is 11.3 Å². The van der Waals surface area contributed by atoms with Gasteiger partial charge in [-0.15, -0.1) is 0 Å². The molecule has 1 aromatic carbocycles. The van der Waals surface area contributed by atoms with Gasteiger partial charge in [-0.25, -0.2) is 0 Å². The summed E-state index contributed by atoms with van der Waals surface area (Å²) in [5, 5.41) is 0. The second-order valence-corrected chi connectivity index (χ2v) is 6.33. The summed E-state index contributed by atoms with van der Waals surface area (Å²) in [6.07, 6.45) is 2.65. The Morgan fingerprint density at radius 1 is 1.20 bits per heavy atom. The summed E-state index contributed by atoms with van der Waals surface area (Å²) < 4.78 is 5.17. The molecule has 0 bridgehead atoms. The van der Waals surface area contributed by atoms with Gasteiger partial charge in [0.2, 0.25) is 5.91 Å². The van der Waals surface area contributed by atoms with Gasteiger partial charge in [-0.3, -0.25) is 4.79 Å². The predicted molar refractivity (Wildman–Crippen MR) is 84.3 cm³/mol. The maximum absolute atomic E-state index is 12.5. The van der Waals surface area contributed by atoms with Gasteiger partial charge in [-0.05, 0) is 36.1 Å². The van der Waals surface area contributed by atoms with Crippen molar-refractivity contribution in [1.29, 1.82) is 0 Å². The fourth-order valence-electron chi connectivity index (χ4n) is 2.03. The molecule has 112 valence electrons. The summed E-state index contributed by atoms with van der Waals surface area (Å²) in [6.45, 7) is 9.20. The van der Waals surface area contributed by atoms with Gasteiger partial charge in [0.25, 0.3) is 0 Å². The Kier molecular flexibility index (Phi) is 6.05.